The first kappa shape index (κ1) is 15.0. The second kappa shape index (κ2) is 6.52. The fourth-order valence-corrected chi connectivity index (χ4v) is 2.52. The fourth-order valence-electron chi connectivity index (χ4n) is 2.52. The molecule has 4 rings (SSSR count). The van der Waals surface area contributed by atoms with Crippen LogP contribution in [0, 0.1) is 0 Å². The maximum absolute atomic E-state index is 5.30. The Hall–Kier alpha value is -3.54. The van der Waals surface area contributed by atoms with E-state index in [0.717, 1.165) is 22.4 Å². The van der Waals surface area contributed by atoms with E-state index in [1.165, 1.54) is 0 Å². The number of aromatic nitrogens is 4. The van der Waals surface area contributed by atoms with Crippen molar-refractivity contribution in [3.8, 4) is 17.1 Å². The zero-order chi connectivity index (χ0) is 17.1. The number of ether oxygens (including phenoxy) is 1. The monoisotopic (exact) mass is 329 g/mol. The molecule has 0 spiro atoms. The van der Waals surface area contributed by atoms with Crippen molar-refractivity contribution in [3.05, 3.63) is 67.1 Å². The van der Waals surface area contributed by atoms with E-state index in [1.807, 2.05) is 48.5 Å². The van der Waals surface area contributed by atoms with Gasteiger partial charge in [0, 0.05) is 29.8 Å². The van der Waals surface area contributed by atoms with Gasteiger partial charge >= 0.3 is 0 Å². The standard InChI is InChI=1S/C19H15N5O/c1-25-15-5-2-4-13(12-15)17-23-18-16(6-3-9-21-18)19(24-17)22-14-7-10-20-11-8-14/h2-12H,1H3,(H,20,21,22,23,24). The van der Waals surface area contributed by atoms with Crippen molar-refractivity contribution in [2.45, 2.75) is 0 Å². The van der Waals surface area contributed by atoms with Gasteiger partial charge in [-0.15, -0.1) is 0 Å². The topological polar surface area (TPSA) is 72.8 Å². The van der Waals surface area contributed by atoms with Gasteiger partial charge in [0.05, 0.1) is 12.5 Å². The van der Waals surface area contributed by atoms with E-state index in [9.17, 15) is 0 Å². The zero-order valence-electron chi connectivity index (χ0n) is 13.5. The number of nitrogens with zero attached hydrogens (tertiary/aromatic N) is 4. The summed E-state index contributed by atoms with van der Waals surface area (Å²) in [7, 11) is 1.64. The van der Waals surface area contributed by atoms with Crippen LogP contribution >= 0.6 is 0 Å². The van der Waals surface area contributed by atoms with Crippen molar-refractivity contribution in [1.29, 1.82) is 0 Å². The Morgan fingerprint density at radius 3 is 2.64 bits per heavy atom. The average molecular weight is 329 g/mol. The highest BCUT2D eigenvalue weighted by Gasteiger charge is 2.11. The molecule has 25 heavy (non-hydrogen) atoms. The number of methoxy groups -OCH3 is 1. The van der Waals surface area contributed by atoms with Crippen LogP contribution in [0.2, 0.25) is 0 Å². The second-order valence-corrected chi connectivity index (χ2v) is 5.36. The molecule has 0 bridgehead atoms. The summed E-state index contributed by atoms with van der Waals surface area (Å²) < 4.78 is 5.30. The molecule has 0 unspecified atom stereocenters. The Kier molecular flexibility index (Phi) is 3.92. The van der Waals surface area contributed by atoms with Gasteiger partial charge in [-0.1, -0.05) is 12.1 Å². The van der Waals surface area contributed by atoms with Crippen LogP contribution in [0.3, 0.4) is 0 Å². The van der Waals surface area contributed by atoms with Gasteiger partial charge in [-0.3, -0.25) is 4.98 Å². The highest BCUT2D eigenvalue weighted by molar-refractivity contribution is 5.89. The van der Waals surface area contributed by atoms with Crippen LogP contribution in [0.25, 0.3) is 22.4 Å². The molecule has 0 aliphatic rings. The number of rotatable bonds is 4. The van der Waals surface area contributed by atoms with Crippen LogP contribution in [0.5, 0.6) is 5.75 Å². The molecule has 0 radical (unpaired) electrons. The van der Waals surface area contributed by atoms with Gasteiger partial charge in [-0.25, -0.2) is 15.0 Å². The molecule has 3 aromatic heterocycles. The van der Waals surface area contributed by atoms with E-state index in [1.54, 1.807) is 25.7 Å². The summed E-state index contributed by atoms with van der Waals surface area (Å²) in [4.78, 5) is 17.7. The molecular formula is C19H15N5O. The Labute approximate surface area is 144 Å². The molecule has 0 fully saturated rings. The number of anilines is 2. The molecular weight excluding hydrogens is 314 g/mol. The number of fused-ring (bicyclic) bond motifs is 1. The molecule has 1 N–H and O–H groups in total. The lowest BCUT2D eigenvalue weighted by Crippen LogP contribution is -2.00. The summed E-state index contributed by atoms with van der Waals surface area (Å²) in [5.41, 5.74) is 2.40. The van der Waals surface area contributed by atoms with Crippen molar-refractivity contribution in [2.24, 2.45) is 0 Å². The molecule has 0 saturated heterocycles. The third-order valence-electron chi connectivity index (χ3n) is 3.74. The van der Waals surface area contributed by atoms with Crippen LogP contribution < -0.4 is 10.1 Å². The molecule has 122 valence electrons. The fraction of sp³-hybridized carbons (Fsp3) is 0.0526. The first-order valence-corrected chi connectivity index (χ1v) is 7.78. The van der Waals surface area contributed by atoms with Crippen LogP contribution in [-0.2, 0) is 0 Å². The van der Waals surface area contributed by atoms with E-state index in [0.29, 0.717) is 17.3 Å². The Balaban J connectivity index is 1.86. The third-order valence-corrected chi connectivity index (χ3v) is 3.74. The van der Waals surface area contributed by atoms with Gasteiger partial charge in [0.25, 0.3) is 0 Å². The molecule has 0 saturated carbocycles. The lowest BCUT2D eigenvalue weighted by molar-refractivity contribution is 0.415. The minimum Gasteiger partial charge on any atom is -0.497 e. The van der Waals surface area contributed by atoms with Crippen molar-refractivity contribution in [3.63, 3.8) is 0 Å². The predicted molar refractivity (Wildman–Crippen MR) is 96.8 cm³/mol. The quantitative estimate of drug-likeness (QED) is 0.613. The van der Waals surface area contributed by atoms with E-state index in [4.69, 9.17) is 9.72 Å². The van der Waals surface area contributed by atoms with Gasteiger partial charge in [0.1, 0.15) is 11.6 Å². The molecule has 0 amide bonds. The SMILES string of the molecule is COc1cccc(-c2nc(Nc3ccncc3)c3cccnc3n2)c1. The molecule has 1 aromatic carbocycles. The van der Waals surface area contributed by atoms with Crippen LogP contribution in [0.4, 0.5) is 11.5 Å². The van der Waals surface area contributed by atoms with E-state index >= 15 is 0 Å². The van der Waals surface area contributed by atoms with Gasteiger partial charge < -0.3 is 10.1 Å². The zero-order valence-corrected chi connectivity index (χ0v) is 13.5. The van der Waals surface area contributed by atoms with Gasteiger partial charge in [-0.2, -0.15) is 0 Å². The molecule has 3 heterocycles. The number of hydrogen-bond acceptors (Lipinski definition) is 6. The van der Waals surface area contributed by atoms with Crippen molar-refractivity contribution in [2.75, 3.05) is 12.4 Å². The Morgan fingerprint density at radius 2 is 1.80 bits per heavy atom. The summed E-state index contributed by atoms with van der Waals surface area (Å²) in [5.74, 6) is 2.04. The maximum atomic E-state index is 5.30. The van der Waals surface area contributed by atoms with Crippen LogP contribution in [0.15, 0.2) is 67.1 Å². The largest absolute Gasteiger partial charge is 0.497 e. The molecule has 4 aromatic rings. The minimum absolute atomic E-state index is 0.585. The number of pyridine rings is 2. The molecule has 6 nitrogen and oxygen atoms in total. The lowest BCUT2D eigenvalue weighted by Gasteiger charge is -2.11. The highest BCUT2D eigenvalue weighted by atomic mass is 16.5. The van der Waals surface area contributed by atoms with Gasteiger partial charge in [-0.05, 0) is 36.4 Å². The summed E-state index contributed by atoms with van der Waals surface area (Å²) in [6.07, 6.45) is 5.18. The molecule has 6 heteroatoms. The lowest BCUT2D eigenvalue weighted by atomic mass is 10.2. The van der Waals surface area contributed by atoms with Crippen LogP contribution in [-0.4, -0.2) is 27.0 Å². The first-order valence-electron chi connectivity index (χ1n) is 7.78. The molecule has 0 aliphatic heterocycles. The first-order chi connectivity index (χ1) is 12.3. The van der Waals surface area contributed by atoms with Crippen molar-refractivity contribution < 1.29 is 4.74 Å². The highest BCUT2D eigenvalue weighted by Crippen LogP contribution is 2.27. The average Bonchev–Trinajstić information content (AvgIpc) is 2.69. The smallest absolute Gasteiger partial charge is 0.165 e. The predicted octanol–water partition coefficient (Wildman–Crippen LogP) is 3.84. The van der Waals surface area contributed by atoms with Crippen molar-refractivity contribution in [1.82, 2.24) is 19.9 Å². The summed E-state index contributed by atoms with van der Waals surface area (Å²) >= 11 is 0. The summed E-state index contributed by atoms with van der Waals surface area (Å²) in [5, 5.41) is 4.18. The number of benzene rings is 1. The maximum Gasteiger partial charge on any atom is 0.165 e. The van der Waals surface area contributed by atoms with E-state index < -0.39 is 0 Å². The second-order valence-electron chi connectivity index (χ2n) is 5.36. The summed E-state index contributed by atoms with van der Waals surface area (Å²) in [6, 6.07) is 15.2. The minimum atomic E-state index is 0.585. The third kappa shape index (κ3) is 3.10. The van der Waals surface area contributed by atoms with Crippen LogP contribution in [0.1, 0.15) is 0 Å². The van der Waals surface area contributed by atoms with E-state index in [2.05, 4.69) is 20.3 Å². The molecule has 0 aliphatic carbocycles. The van der Waals surface area contributed by atoms with Gasteiger partial charge in [0.15, 0.2) is 11.5 Å². The normalized spacial score (nSPS) is 10.6. The summed E-state index contributed by atoms with van der Waals surface area (Å²) in [6.45, 7) is 0. The Morgan fingerprint density at radius 1 is 0.920 bits per heavy atom. The Bertz CT molecular complexity index is 1020. The molecule has 0 atom stereocenters. The van der Waals surface area contributed by atoms with Crippen molar-refractivity contribution >= 4 is 22.5 Å². The number of hydrogen-bond donors (Lipinski definition) is 1. The van der Waals surface area contributed by atoms with E-state index in [-0.39, 0.29) is 0 Å². The number of nitrogens with one attached hydrogen (secondary N) is 1. The van der Waals surface area contributed by atoms with Gasteiger partial charge in [0.2, 0.25) is 0 Å².